The maximum atomic E-state index is 6.04. The summed E-state index contributed by atoms with van der Waals surface area (Å²) in [5, 5.41) is 13.8. The minimum absolute atomic E-state index is 0.164. The highest BCUT2D eigenvalue weighted by molar-refractivity contribution is 5.79. The summed E-state index contributed by atoms with van der Waals surface area (Å²) in [7, 11) is 1.80. The Balaban J connectivity index is 1.85. The monoisotopic (exact) mass is 321 g/mol. The summed E-state index contributed by atoms with van der Waals surface area (Å²) in [5.74, 6) is 1.33. The van der Waals surface area contributed by atoms with Gasteiger partial charge >= 0.3 is 0 Å². The molecule has 0 saturated carbocycles. The molecule has 23 heavy (non-hydrogen) atoms. The average Bonchev–Trinajstić information content (AvgIpc) is 2.92. The van der Waals surface area contributed by atoms with Crippen molar-refractivity contribution in [3.05, 3.63) is 17.5 Å². The fourth-order valence-corrected chi connectivity index (χ4v) is 3.19. The number of hydrogen-bond acceptors (Lipinski definition) is 3. The predicted molar refractivity (Wildman–Crippen MR) is 93.4 cm³/mol. The first kappa shape index (κ1) is 17.8. The number of aromatic nitrogens is 2. The van der Waals surface area contributed by atoms with E-state index >= 15 is 0 Å². The lowest BCUT2D eigenvalue weighted by atomic mass is 9.78. The fraction of sp³-hybridized carbons (Fsp3) is 0.765. The van der Waals surface area contributed by atoms with Gasteiger partial charge in [-0.1, -0.05) is 20.8 Å². The average molecular weight is 321 g/mol. The van der Waals surface area contributed by atoms with E-state index in [9.17, 15) is 0 Å². The molecule has 1 aliphatic heterocycles. The van der Waals surface area contributed by atoms with Crippen LogP contribution in [0.3, 0.4) is 0 Å². The largest absolute Gasteiger partial charge is 0.377 e. The Kier molecular flexibility index (Phi) is 6.04. The smallest absolute Gasteiger partial charge is 0.191 e. The van der Waals surface area contributed by atoms with Crippen molar-refractivity contribution in [2.24, 2.45) is 16.3 Å². The molecule has 1 fully saturated rings. The van der Waals surface area contributed by atoms with Gasteiger partial charge in [-0.3, -0.25) is 10.1 Å². The molecule has 1 aromatic heterocycles. The van der Waals surface area contributed by atoms with Gasteiger partial charge in [0, 0.05) is 43.9 Å². The lowest BCUT2D eigenvalue weighted by Gasteiger charge is -2.40. The number of rotatable bonds is 4. The molecule has 0 amide bonds. The van der Waals surface area contributed by atoms with E-state index in [-0.39, 0.29) is 11.5 Å². The highest BCUT2D eigenvalue weighted by Crippen LogP contribution is 2.33. The molecule has 130 valence electrons. The second-order valence-corrected chi connectivity index (χ2v) is 7.39. The van der Waals surface area contributed by atoms with Crippen LogP contribution in [0.4, 0.5) is 0 Å². The molecule has 0 aliphatic carbocycles. The third-order valence-electron chi connectivity index (χ3n) is 4.43. The number of aromatic amines is 1. The van der Waals surface area contributed by atoms with Crippen LogP contribution in [0.5, 0.6) is 0 Å². The number of ether oxygens (including phenoxy) is 1. The molecule has 0 spiro atoms. The van der Waals surface area contributed by atoms with Gasteiger partial charge < -0.3 is 15.4 Å². The molecular formula is C17H31N5O. The minimum Gasteiger partial charge on any atom is -0.377 e. The molecule has 6 heteroatoms. The maximum absolute atomic E-state index is 6.04. The maximum Gasteiger partial charge on any atom is 0.191 e. The zero-order chi connectivity index (χ0) is 16.9. The van der Waals surface area contributed by atoms with Crippen LogP contribution in [0.1, 0.15) is 44.9 Å². The molecule has 0 radical (unpaired) electrons. The Bertz CT molecular complexity index is 517. The third-order valence-corrected chi connectivity index (χ3v) is 4.43. The lowest BCUT2D eigenvalue weighted by Crippen LogP contribution is -2.47. The van der Waals surface area contributed by atoms with Gasteiger partial charge in [0.1, 0.15) is 0 Å². The van der Waals surface area contributed by atoms with Crippen molar-refractivity contribution in [1.82, 2.24) is 20.8 Å². The van der Waals surface area contributed by atoms with Crippen LogP contribution in [0, 0.1) is 18.3 Å². The first-order chi connectivity index (χ1) is 10.9. The summed E-state index contributed by atoms with van der Waals surface area (Å²) in [6.45, 7) is 11.3. The molecular weight excluding hydrogens is 290 g/mol. The summed E-state index contributed by atoms with van der Waals surface area (Å²) in [6, 6.07) is 0. The molecule has 2 rings (SSSR count). The number of H-pyrrole nitrogens is 1. The van der Waals surface area contributed by atoms with E-state index in [1.807, 2.05) is 13.1 Å². The topological polar surface area (TPSA) is 74.3 Å². The molecule has 2 atom stereocenters. The van der Waals surface area contributed by atoms with Crippen LogP contribution in [0.15, 0.2) is 11.2 Å². The molecule has 0 bridgehead atoms. The van der Waals surface area contributed by atoms with Crippen molar-refractivity contribution in [1.29, 1.82) is 0 Å². The Hall–Kier alpha value is -1.56. The van der Waals surface area contributed by atoms with E-state index in [0.717, 1.165) is 36.8 Å². The first-order valence-corrected chi connectivity index (χ1v) is 8.46. The summed E-state index contributed by atoms with van der Waals surface area (Å²) in [4.78, 5) is 4.31. The van der Waals surface area contributed by atoms with Crippen molar-refractivity contribution in [2.45, 2.75) is 53.2 Å². The lowest BCUT2D eigenvalue weighted by molar-refractivity contribution is -0.0835. The van der Waals surface area contributed by atoms with Crippen molar-refractivity contribution in [3.8, 4) is 0 Å². The predicted octanol–water partition coefficient (Wildman–Crippen LogP) is 2.22. The quantitative estimate of drug-likeness (QED) is 0.587. The summed E-state index contributed by atoms with van der Waals surface area (Å²) >= 11 is 0. The normalized spacial score (nSPS) is 22.9. The number of nitrogens with one attached hydrogen (secondary N) is 3. The van der Waals surface area contributed by atoms with Crippen LogP contribution in [0.2, 0.25) is 0 Å². The zero-order valence-corrected chi connectivity index (χ0v) is 15.1. The van der Waals surface area contributed by atoms with Gasteiger partial charge in [0.05, 0.1) is 12.3 Å². The van der Waals surface area contributed by atoms with E-state index in [4.69, 9.17) is 4.74 Å². The number of aliphatic imine (C=N–C) groups is 1. The van der Waals surface area contributed by atoms with Crippen molar-refractivity contribution in [3.63, 3.8) is 0 Å². The zero-order valence-electron chi connectivity index (χ0n) is 15.1. The number of nitrogens with zero attached hydrogens (tertiary/aromatic N) is 2. The highest BCUT2D eigenvalue weighted by Gasteiger charge is 2.35. The Morgan fingerprint density at radius 2 is 2.22 bits per heavy atom. The molecule has 3 N–H and O–H groups in total. The SMILES string of the molecule is CN=C(NCc1cn[nH]c1C)NCC1CCCOC1C(C)(C)C. The van der Waals surface area contributed by atoms with Crippen LogP contribution in [-0.2, 0) is 11.3 Å². The van der Waals surface area contributed by atoms with Gasteiger partial charge in [0.15, 0.2) is 5.96 Å². The van der Waals surface area contributed by atoms with Gasteiger partial charge in [-0.05, 0) is 25.2 Å². The van der Waals surface area contributed by atoms with Gasteiger partial charge in [-0.15, -0.1) is 0 Å². The molecule has 0 aromatic carbocycles. The summed E-state index contributed by atoms with van der Waals surface area (Å²) < 4.78 is 6.04. The molecule has 2 heterocycles. The van der Waals surface area contributed by atoms with Gasteiger partial charge in [-0.25, -0.2) is 0 Å². The van der Waals surface area contributed by atoms with Crippen LogP contribution < -0.4 is 10.6 Å². The van der Waals surface area contributed by atoms with Gasteiger partial charge in [0.25, 0.3) is 0 Å². The van der Waals surface area contributed by atoms with Crippen LogP contribution in [0.25, 0.3) is 0 Å². The van der Waals surface area contributed by atoms with E-state index in [1.54, 1.807) is 7.05 Å². The van der Waals surface area contributed by atoms with E-state index in [0.29, 0.717) is 12.5 Å². The van der Waals surface area contributed by atoms with Crippen LogP contribution in [-0.4, -0.2) is 42.5 Å². The molecule has 2 unspecified atom stereocenters. The highest BCUT2D eigenvalue weighted by atomic mass is 16.5. The number of hydrogen-bond donors (Lipinski definition) is 3. The minimum atomic E-state index is 0.164. The van der Waals surface area contributed by atoms with Crippen molar-refractivity contribution < 1.29 is 4.74 Å². The Labute approximate surface area is 139 Å². The number of guanidine groups is 1. The fourth-order valence-electron chi connectivity index (χ4n) is 3.19. The third kappa shape index (κ3) is 4.96. The van der Waals surface area contributed by atoms with Crippen molar-refractivity contribution >= 4 is 5.96 Å². The molecule has 1 saturated heterocycles. The second-order valence-electron chi connectivity index (χ2n) is 7.39. The van der Waals surface area contributed by atoms with E-state index in [1.165, 1.54) is 6.42 Å². The van der Waals surface area contributed by atoms with E-state index in [2.05, 4.69) is 46.6 Å². The Morgan fingerprint density at radius 3 is 2.83 bits per heavy atom. The van der Waals surface area contributed by atoms with Crippen molar-refractivity contribution in [2.75, 3.05) is 20.2 Å². The number of aryl methyl sites for hydroxylation is 1. The van der Waals surface area contributed by atoms with E-state index < -0.39 is 0 Å². The van der Waals surface area contributed by atoms with Crippen LogP contribution >= 0.6 is 0 Å². The molecule has 1 aromatic rings. The van der Waals surface area contributed by atoms with Gasteiger partial charge in [-0.2, -0.15) is 5.10 Å². The summed E-state index contributed by atoms with van der Waals surface area (Å²) in [6.07, 6.45) is 4.48. The van der Waals surface area contributed by atoms with Gasteiger partial charge in [0.2, 0.25) is 0 Å². The second kappa shape index (κ2) is 7.81. The standard InChI is InChI=1S/C17H31N5O/c1-12-14(11-21-22-12)10-20-16(18-5)19-9-13-7-6-8-23-15(13)17(2,3)4/h11,13,15H,6-10H2,1-5H3,(H,21,22)(H2,18,19,20). The first-order valence-electron chi connectivity index (χ1n) is 8.46. The summed E-state index contributed by atoms with van der Waals surface area (Å²) in [5.41, 5.74) is 2.40. The molecule has 6 nitrogen and oxygen atoms in total. The Morgan fingerprint density at radius 1 is 1.43 bits per heavy atom. The molecule has 1 aliphatic rings.